The van der Waals surface area contributed by atoms with E-state index in [1.807, 2.05) is 0 Å². The summed E-state index contributed by atoms with van der Waals surface area (Å²) in [6.45, 7) is 10.5. The molecule has 3 unspecified atom stereocenters. The van der Waals surface area contributed by atoms with Gasteiger partial charge in [0.2, 0.25) is 5.91 Å². The number of amides is 2. The number of carbonyl (C=O) groups is 4. The lowest BCUT2D eigenvalue weighted by molar-refractivity contribution is -0.156. The average Bonchev–Trinajstić information content (AvgIpc) is 2.73. The molecule has 0 aromatic heterocycles. The third-order valence-corrected chi connectivity index (χ3v) is 6.69. The first-order chi connectivity index (χ1) is 15.3. The highest BCUT2D eigenvalue weighted by atomic mass is 32.2. The second kappa shape index (κ2) is 12.6. The number of ether oxygens (including phenoxy) is 1. The standard InChI is InChI=1S/C22H33NO9S/c1-14(2)19(24)23(20(25)17-8-6-7-9-18(17)21(26)27)12-16(5)13-33(29,30)32-11-10-31-22(28)15(3)4/h16-18H,1,3,6-13H2,2,4-5H3,(H,26,27). The van der Waals surface area contributed by atoms with Gasteiger partial charge in [0.1, 0.15) is 13.2 Å². The molecule has 0 bridgehead atoms. The normalized spacial score (nSPS) is 19.2. The van der Waals surface area contributed by atoms with Crippen molar-refractivity contribution in [2.24, 2.45) is 17.8 Å². The van der Waals surface area contributed by atoms with E-state index in [0.717, 1.165) is 4.90 Å². The second-order valence-electron chi connectivity index (χ2n) is 8.44. The summed E-state index contributed by atoms with van der Waals surface area (Å²) in [4.78, 5) is 49.6. The fourth-order valence-electron chi connectivity index (χ4n) is 3.61. The monoisotopic (exact) mass is 487 g/mol. The Kier molecular flexibility index (Phi) is 10.9. The largest absolute Gasteiger partial charge is 0.481 e. The highest BCUT2D eigenvalue weighted by Crippen LogP contribution is 2.32. The molecule has 0 radical (unpaired) electrons. The van der Waals surface area contributed by atoms with E-state index in [4.69, 9.17) is 8.92 Å². The van der Waals surface area contributed by atoms with E-state index < -0.39 is 57.4 Å². The van der Waals surface area contributed by atoms with Crippen LogP contribution in [0.1, 0.15) is 46.5 Å². The minimum atomic E-state index is -4.04. The Balaban J connectivity index is 2.83. The smallest absolute Gasteiger partial charge is 0.333 e. The molecule has 0 aliphatic heterocycles. The van der Waals surface area contributed by atoms with Gasteiger partial charge in [-0.2, -0.15) is 8.42 Å². The number of nitrogens with zero attached hydrogens (tertiary/aromatic N) is 1. The van der Waals surface area contributed by atoms with E-state index in [1.54, 1.807) is 0 Å². The molecule has 0 aromatic carbocycles. The minimum Gasteiger partial charge on any atom is -0.481 e. The lowest BCUT2D eigenvalue weighted by atomic mass is 9.78. The fourth-order valence-corrected chi connectivity index (χ4v) is 4.83. The third kappa shape index (κ3) is 9.09. The topological polar surface area (TPSA) is 144 Å². The molecule has 1 fully saturated rings. The molecule has 2 amide bonds. The number of carbonyl (C=O) groups excluding carboxylic acids is 3. The van der Waals surface area contributed by atoms with Gasteiger partial charge < -0.3 is 9.84 Å². The molecule has 1 aliphatic carbocycles. The summed E-state index contributed by atoms with van der Waals surface area (Å²) < 4.78 is 34.1. The Morgan fingerprint density at radius 1 is 1.03 bits per heavy atom. The maximum Gasteiger partial charge on any atom is 0.333 e. The molecular weight excluding hydrogens is 454 g/mol. The first-order valence-electron chi connectivity index (χ1n) is 10.7. The van der Waals surface area contributed by atoms with Gasteiger partial charge in [-0.1, -0.05) is 32.9 Å². The van der Waals surface area contributed by atoms with Crippen molar-refractivity contribution in [1.82, 2.24) is 4.90 Å². The number of carboxylic acids is 1. The summed E-state index contributed by atoms with van der Waals surface area (Å²) in [6.07, 6.45) is 2.04. The van der Waals surface area contributed by atoms with Crippen molar-refractivity contribution in [2.75, 3.05) is 25.5 Å². The van der Waals surface area contributed by atoms with Crippen LogP contribution in [0.3, 0.4) is 0 Å². The Labute approximate surface area is 194 Å². The minimum absolute atomic E-state index is 0.0802. The Hall–Kier alpha value is -2.53. The summed E-state index contributed by atoms with van der Waals surface area (Å²) in [5.41, 5.74) is 0.248. The summed E-state index contributed by atoms with van der Waals surface area (Å²) in [5.74, 6) is -6.02. The molecule has 0 spiro atoms. The van der Waals surface area contributed by atoms with Gasteiger partial charge in [0.25, 0.3) is 16.0 Å². The van der Waals surface area contributed by atoms with Crippen LogP contribution in [0.2, 0.25) is 0 Å². The Morgan fingerprint density at radius 3 is 2.12 bits per heavy atom. The van der Waals surface area contributed by atoms with Crippen molar-refractivity contribution < 1.29 is 41.6 Å². The first kappa shape index (κ1) is 28.5. The van der Waals surface area contributed by atoms with E-state index >= 15 is 0 Å². The van der Waals surface area contributed by atoms with Crippen molar-refractivity contribution in [3.63, 3.8) is 0 Å². The molecule has 0 saturated heterocycles. The predicted octanol–water partition coefficient (Wildman–Crippen LogP) is 1.91. The van der Waals surface area contributed by atoms with Crippen LogP contribution in [-0.2, 0) is 38.2 Å². The average molecular weight is 488 g/mol. The molecule has 0 aromatic rings. The number of aliphatic carboxylic acids is 1. The first-order valence-corrected chi connectivity index (χ1v) is 12.3. The van der Waals surface area contributed by atoms with E-state index in [-0.39, 0.29) is 30.9 Å². The highest BCUT2D eigenvalue weighted by Gasteiger charge is 2.40. The van der Waals surface area contributed by atoms with Crippen LogP contribution >= 0.6 is 0 Å². The lowest BCUT2D eigenvalue weighted by Gasteiger charge is -2.33. The SMILES string of the molecule is C=C(C)C(=O)OCCOS(=O)(=O)CC(C)CN(C(=O)C(=C)C)C(=O)C1CCCCC1C(=O)O. The van der Waals surface area contributed by atoms with Crippen LogP contribution < -0.4 is 0 Å². The zero-order chi connectivity index (χ0) is 25.3. The molecule has 1 aliphatic rings. The van der Waals surface area contributed by atoms with E-state index in [2.05, 4.69) is 13.2 Å². The van der Waals surface area contributed by atoms with Gasteiger partial charge in [-0.05, 0) is 32.6 Å². The quantitative estimate of drug-likeness (QED) is 0.189. The molecular formula is C22H33NO9S. The fraction of sp³-hybridized carbons (Fsp3) is 0.636. The Bertz CT molecular complexity index is 894. The lowest BCUT2D eigenvalue weighted by Crippen LogP contribution is -2.47. The van der Waals surface area contributed by atoms with Gasteiger partial charge in [-0.3, -0.25) is 23.5 Å². The zero-order valence-electron chi connectivity index (χ0n) is 19.4. The van der Waals surface area contributed by atoms with Crippen molar-refractivity contribution in [3.8, 4) is 0 Å². The number of imide groups is 1. The summed E-state index contributed by atoms with van der Waals surface area (Å²) in [5, 5.41) is 9.48. The number of carboxylic acid groups (broad SMARTS) is 1. The molecule has 186 valence electrons. The van der Waals surface area contributed by atoms with Gasteiger partial charge in [0, 0.05) is 17.7 Å². The summed E-state index contributed by atoms with van der Waals surface area (Å²) >= 11 is 0. The second-order valence-corrected chi connectivity index (χ2v) is 10.1. The van der Waals surface area contributed by atoms with Crippen LogP contribution in [-0.4, -0.2) is 67.7 Å². The van der Waals surface area contributed by atoms with Crippen LogP contribution in [0.15, 0.2) is 24.3 Å². The van der Waals surface area contributed by atoms with Crippen molar-refractivity contribution >= 4 is 33.9 Å². The van der Waals surface area contributed by atoms with E-state index in [1.165, 1.54) is 20.8 Å². The van der Waals surface area contributed by atoms with Gasteiger partial charge in [0.15, 0.2) is 0 Å². The van der Waals surface area contributed by atoms with Gasteiger partial charge in [0.05, 0.1) is 17.6 Å². The van der Waals surface area contributed by atoms with Gasteiger partial charge in [-0.15, -0.1) is 0 Å². The van der Waals surface area contributed by atoms with E-state index in [0.29, 0.717) is 25.7 Å². The maximum absolute atomic E-state index is 13.2. The van der Waals surface area contributed by atoms with Gasteiger partial charge in [-0.25, -0.2) is 4.79 Å². The van der Waals surface area contributed by atoms with Crippen LogP contribution in [0.5, 0.6) is 0 Å². The molecule has 1 rings (SSSR count). The maximum atomic E-state index is 13.2. The molecule has 10 nitrogen and oxygen atoms in total. The van der Waals surface area contributed by atoms with E-state index in [9.17, 15) is 32.7 Å². The molecule has 3 atom stereocenters. The number of hydrogen-bond donors (Lipinski definition) is 1. The molecule has 0 heterocycles. The number of rotatable bonds is 12. The molecule has 33 heavy (non-hydrogen) atoms. The summed E-state index contributed by atoms with van der Waals surface area (Å²) in [6, 6.07) is 0. The Morgan fingerprint density at radius 2 is 1.61 bits per heavy atom. The van der Waals surface area contributed by atoms with Crippen LogP contribution in [0, 0.1) is 17.8 Å². The predicted molar refractivity (Wildman–Crippen MR) is 119 cm³/mol. The van der Waals surface area contributed by atoms with Crippen molar-refractivity contribution in [1.29, 1.82) is 0 Å². The zero-order valence-corrected chi connectivity index (χ0v) is 20.2. The van der Waals surface area contributed by atoms with Crippen molar-refractivity contribution in [2.45, 2.75) is 46.5 Å². The number of hydrogen-bond acceptors (Lipinski definition) is 8. The summed E-state index contributed by atoms with van der Waals surface area (Å²) in [7, 11) is -4.04. The highest BCUT2D eigenvalue weighted by molar-refractivity contribution is 7.86. The van der Waals surface area contributed by atoms with Gasteiger partial charge >= 0.3 is 11.9 Å². The molecule has 1 N–H and O–H groups in total. The van der Waals surface area contributed by atoms with Crippen LogP contribution in [0.25, 0.3) is 0 Å². The van der Waals surface area contributed by atoms with Crippen molar-refractivity contribution in [3.05, 3.63) is 24.3 Å². The van der Waals surface area contributed by atoms with Crippen LogP contribution in [0.4, 0.5) is 0 Å². The third-order valence-electron chi connectivity index (χ3n) is 5.19. The molecule has 11 heteroatoms. The number of esters is 1. The molecule has 1 saturated carbocycles.